The van der Waals surface area contributed by atoms with Crippen LogP contribution in [0.4, 0.5) is 0 Å². The Labute approximate surface area is 52.7 Å². The number of allylic oxidation sites excluding steroid dienone is 2. The second-order valence-corrected chi connectivity index (χ2v) is 2.65. The van der Waals surface area contributed by atoms with E-state index in [-0.39, 0.29) is 0 Å². The van der Waals surface area contributed by atoms with Crippen LogP contribution in [0, 0.1) is 0 Å². The third kappa shape index (κ3) is 4.54. The first-order valence-electron chi connectivity index (χ1n) is 2.05. The van der Waals surface area contributed by atoms with Crippen molar-refractivity contribution in [2.75, 3.05) is 0 Å². The van der Waals surface area contributed by atoms with Crippen molar-refractivity contribution in [3.8, 4) is 0 Å². The molecular weight excluding hydrogens is 179 g/mol. The van der Waals surface area contributed by atoms with Gasteiger partial charge in [-0.15, -0.1) is 0 Å². The molecule has 0 nitrogen and oxygen atoms in total. The Morgan fingerprint density at radius 2 is 2.17 bits per heavy atom. The van der Waals surface area contributed by atoms with Crippen LogP contribution in [0.1, 0.15) is 13.8 Å². The minimum absolute atomic E-state index is 1.26. The molecular formula is C5H9Sn. The normalized spacial score (nSPS) is 7.83. The topological polar surface area (TPSA) is 0 Å². The fourth-order valence-electron chi connectivity index (χ4n) is 0.204. The van der Waals surface area contributed by atoms with E-state index in [0.29, 0.717) is 0 Å². The van der Waals surface area contributed by atoms with Crippen molar-refractivity contribution in [1.29, 1.82) is 0 Å². The first-order valence-corrected chi connectivity index (χ1v) is 4.07. The Hall–Kier alpha value is 0.539. The van der Waals surface area contributed by atoms with Crippen LogP contribution in [0.2, 0.25) is 4.44 Å². The van der Waals surface area contributed by atoms with Gasteiger partial charge in [0, 0.05) is 0 Å². The molecule has 0 saturated carbocycles. The Morgan fingerprint density at radius 1 is 1.67 bits per heavy atom. The third-order valence-electron chi connectivity index (χ3n) is 0.510. The number of hydrogen-bond acceptors (Lipinski definition) is 0. The molecule has 0 spiro atoms. The summed E-state index contributed by atoms with van der Waals surface area (Å²) in [6, 6.07) is 0. The molecule has 0 N–H and O–H groups in total. The monoisotopic (exact) mass is 189 g/mol. The van der Waals surface area contributed by atoms with Crippen LogP contribution in [-0.2, 0) is 0 Å². The second-order valence-electron chi connectivity index (χ2n) is 1.49. The van der Waals surface area contributed by atoms with Crippen molar-refractivity contribution < 1.29 is 0 Å². The molecule has 0 aliphatic heterocycles. The van der Waals surface area contributed by atoms with E-state index in [1.54, 1.807) is 22.5 Å². The van der Waals surface area contributed by atoms with E-state index >= 15 is 0 Å². The molecule has 0 aromatic rings. The predicted octanol–water partition coefficient (Wildman–Crippen LogP) is 1.54. The van der Waals surface area contributed by atoms with E-state index in [1.807, 2.05) is 0 Å². The Bertz CT molecular complexity index is 51.0. The standard InChI is InChI=1S/C5H9.Sn/c1-4-5(2)3;/h4H,1H2,2-3H3;. The predicted molar refractivity (Wildman–Crippen MR) is 30.0 cm³/mol. The van der Waals surface area contributed by atoms with Crippen LogP contribution in [0.25, 0.3) is 0 Å². The zero-order valence-corrected chi connectivity index (χ0v) is 7.14. The van der Waals surface area contributed by atoms with Crippen LogP contribution in [0.5, 0.6) is 0 Å². The molecule has 0 aliphatic rings. The molecule has 0 aliphatic carbocycles. The van der Waals surface area contributed by atoms with E-state index in [4.69, 9.17) is 0 Å². The van der Waals surface area contributed by atoms with Gasteiger partial charge in [-0.3, -0.25) is 0 Å². The van der Waals surface area contributed by atoms with E-state index in [1.165, 1.54) is 10.0 Å². The SMILES string of the molecule is CC(C)=C[CH2][Sn]. The summed E-state index contributed by atoms with van der Waals surface area (Å²) in [6.07, 6.45) is 2.25. The Kier molecular flexibility index (Phi) is 4.05. The van der Waals surface area contributed by atoms with Crippen LogP contribution in [0.15, 0.2) is 11.6 Å². The second kappa shape index (κ2) is 3.72. The van der Waals surface area contributed by atoms with Gasteiger partial charge in [-0.1, -0.05) is 0 Å². The van der Waals surface area contributed by atoms with Gasteiger partial charge in [-0.25, -0.2) is 0 Å². The van der Waals surface area contributed by atoms with Crippen LogP contribution in [-0.4, -0.2) is 22.5 Å². The average molecular weight is 188 g/mol. The van der Waals surface area contributed by atoms with Gasteiger partial charge in [0.25, 0.3) is 0 Å². The quantitative estimate of drug-likeness (QED) is 0.432. The molecule has 0 saturated heterocycles. The van der Waals surface area contributed by atoms with Crippen LogP contribution >= 0.6 is 0 Å². The van der Waals surface area contributed by atoms with Gasteiger partial charge in [0.2, 0.25) is 0 Å². The molecule has 0 atom stereocenters. The molecule has 0 aromatic heterocycles. The van der Waals surface area contributed by atoms with Crippen molar-refractivity contribution >= 4 is 22.5 Å². The van der Waals surface area contributed by atoms with Crippen molar-refractivity contribution in [2.24, 2.45) is 0 Å². The van der Waals surface area contributed by atoms with Crippen molar-refractivity contribution in [3.63, 3.8) is 0 Å². The maximum absolute atomic E-state index is 2.25. The fourth-order valence-corrected chi connectivity index (χ4v) is 1.37. The summed E-state index contributed by atoms with van der Waals surface area (Å²) < 4.78 is 1.26. The van der Waals surface area contributed by atoms with Crippen molar-refractivity contribution in [1.82, 2.24) is 0 Å². The average Bonchev–Trinajstić information content (AvgIpc) is 1.35. The van der Waals surface area contributed by atoms with Gasteiger partial charge in [0.15, 0.2) is 0 Å². The van der Waals surface area contributed by atoms with Crippen molar-refractivity contribution in [2.45, 2.75) is 18.3 Å². The van der Waals surface area contributed by atoms with E-state index in [0.717, 1.165) is 0 Å². The number of rotatable bonds is 1. The molecule has 6 heavy (non-hydrogen) atoms. The molecule has 0 unspecified atom stereocenters. The first kappa shape index (κ1) is 6.54. The molecule has 0 bridgehead atoms. The minimum atomic E-state index is 1.26. The first-order chi connectivity index (χ1) is 2.77. The summed E-state index contributed by atoms with van der Waals surface area (Å²) in [5, 5.41) is 0. The number of hydrogen-bond donors (Lipinski definition) is 0. The molecule has 0 heterocycles. The summed E-state index contributed by atoms with van der Waals surface area (Å²) in [5.41, 5.74) is 1.44. The van der Waals surface area contributed by atoms with E-state index < -0.39 is 0 Å². The van der Waals surface area contributed by atoms with Gasteiger partial charge in [-0.05, 0) is 0 Å². The Morgan fingerprint density at radius 3 is 2.17 bits per heavy atom. The Balaban J connectivity index is 3.14. The summed E-state index contributed by atoms with van der Waals surface area (Å²) in [4.78, 5) is 0. The van der Waals surface area contributed by atoms with Gasteiger partial charge < -0.3 is 0 Å². The van der Waals surface area contributed by atoms with Gasteiger partial charge in [0.05, 0.1) is 0 Å². The summed E-state index contributed by atoms with van der Waals surface area (Å²) in [6.45, 7) is 4.26. The fraction of sp³-hybridized carbons (Fsp3) is 0.600. The van der Waals surface area contributed by atoms with Crippen molar-refractivity contribution in [3.05, 3.63) is 11.6 Å². The summed E-state index contributed by atoms with van der Waals surface area (Å²) in [5.74, 6) is 0. The molecule has 0 fully saturated rings. The van der Waals surface area contributed by atoms with E-state index in [2.05, 4.69) is 19.9 Å². The molecule has 0 rings (SSSR count). The molecule has 3 radical (unpaired) electrons. The summed E-state index contributed by atoms with van der Waals surface area (Å²) in [7, 11) is 0. The molecule has 1 heteroatoms. The van der Waals surface area contributed by atoms with Gasteiger partial charge >= 0.3 is 52.5 Å². The zero-order valence-electron chi connectivity index (χ0n) is 4.28. The maximum atomic E-state index is 2.25. The van der Waals surface area contributed by atoms with Gasteiger partial charge in [-0.2, -0.15) is 0 Å². The van der Waals surface area contributed by atoms with E-state index in [9.17, 15) is 0 Å². The summed E-state index contributed by atoms with van der Waals surface area (Å²) >= 11 is 1.60. The molecule has 33 valence electrons. The van der Waals surface area contributed by atoms with Crippen LogP contribution in [0.3, 0.4) is 0 Å². The zero-order chi connectivity index (χ0) is 4.99. The third-order valence-corrected chi connectivity index (χ3v) is 1.09. The molecule has 0 amide bonds. The van der Waals surface area contributed by atoms with Crippen LogP contribution < -0.4 is 0 Å². The van der Waals surface area contributed by atoms with Gasteiger partial charge in [0.1, 0.15) is 0 Å². The molecule has 0 aromatic carbocycles.